The number of aromatic nitrogens is 3. The third kappa shape index (κ3) is 6.21. The molecule has 0 saturated heterocycles. The first-order valence-corrected chi connectivity index (χ1v) is 7.79. The van der Waals surface area contributed by atoms with E-state index in [1.165, 1.54) is 0 Å². The lowest BCUT2D eigenvalue weighted by molar-refractivity contribution is 0.177. The Balaban J connectivity index is 0.00000264. The summed E-state index contributed by atoms with van der Waals surface area (Å²) in [7, 11) is 1.64. The molecule has 0 aliphatic carbocycles. The van der Waals surface area contributed by atoms with Crippen LogP contribution in [0.15, 0.2) is 4.99 Å². The Kier molecular flexibility index (Phi) is 9.37. The second kappa shape index (κ2) is 10.7. The van der Waals surface area contributed by atoms with Gasteiger partial charge in [0.15, 0.2) is 11.8 Å². The van der Waals surface area contributed by atoms with Crippen molar-refractivity contribution in [1.29, 1.82) is 0 Å². The van der Waals surface area contributed by atoms with Gasteiger partial charge in [0.1, 0.15) is 12.4 Å². The highest BCUT2D eigenvalue weighted by Gasteiger charge is 2.22. The molecule has 132 valence electrons. The van der Waals surface area contributed by atoms with E-state index in [0.717, 1.165) is 43.5 Å². The van der Waals surface area contributed by atoms with Crippen LogP contribution in [0.3, 0.4) is 0 Å². The van der Waals surface area contributed by atoms with E-state index in [0.29, 0.717) is 19.6 Å². The Labute approximate surface area is 153 Å². The number of aryl methyl sites for hydroxylation is 1. The van der Waals surface area contributed by atoms with Gasteiger partial charge in [-0.1, -0.05) is 0 Å². The zero-order valence-electron chi connectivity index (χ0n) is 13.7. The van der Waals surface area contributed by atoms with Crippen LogP contribution < -0.4 is 10.6 Å². The van der Waals surface area contributed by atoms with E-state index in [2.05, 4.69) is 25.7 Å². The van der Waals surface area contributed by atoms with Crippen LogP contribution in [-0.4, -0.2) is 53.6 Å². The number of alkyl halides is 1. The minimum Gasteiger partial charge on any atom is -0.377 e. The summed E-state index contributed by atoms with van der Waals surface area (Å²) < 4.78 is 19.2. The molecule has 2 N–H and O–H groups in total. The van der Waals surface area contributed by atoms with Gasteiger partial charge in [0.25, 0.3) is 0 Å². The molecular weight excluding hydrogens is 414 g/mol. The van der Waals surface area contributed by atoms with Crippen molar-refractivity contribution in [3.05, 3.63) is 11.6 Å². The predicted octanol–water partition coefficient (Wildman–Crippen LogP) is 1.27. The zero-order chi connectivity index (χ0) is 15.8. The summed E-state index contributed by atoms with van der Waals surface area (Å²) in [5.41, 5.74) is 0. The molecule has 0 fully saturated rings. The van der Waals surface area contributed by atoms with E-state index in [1.54, 1.807) is 7.11 Å². The second-order valence-corrected chi connectivity index (χ2v) is 5.24. The van der Waals surface area contributed by atoms with Crippen LogP contribution in [0.4, 0.5) is 4.39 Å². The van der Waals surface area contributed by atoms with Crippen LogP contribution in [0.2, 0.25) is 0 Å². The highest BCUT2D eigenvalue weighted by atomic mass is 127. The van der Waals surface area contributed by atoms with Crippen molar-refractivity contribution in [2.45, 2.75) is 45.4 Å². The van der Waals surface area contributed by atoms with Gasteiger partial charge in [-0.3, -0.25) is 9.38 Å². The normalized spacial score (nSPS) is 17.3. The van der Waals surface area contributed by atoms with Gasteiger partial charge in [0.2, 0.25) is 0 Å². The topological polar surface area (TPSA) is 76.4 Å². The Bertz CT molecular complexity index is 496. The molecule has 0 radical (unpaired) electrons. The van der Waals surface area contributed by atoms with Crippen molar-refractivity contribution in [1.82, 2.24) is 25.4 Å². The number of fused-ring (bicyclic) bond motifs is 1. The fraction of sp³-hybridized carbons (Fsp3) is 0.786. The van der Waals surface area contributed by atoms with E-state index in [4.69, 9.17) is 4.74 Å². The largest absolute Gasteiger partial charge is 0.377 e. The van der Waals surface area contributed by atoms with E-state index in [9.17, 15) is 4.39 Å². The van der Waals surface area contributed by atoms with Gasteiger partial charge < -0.3 is 15.4 Å². The molecule has 1 atom stereocenters. The number of halogens is 2. The van der Waals surface area contributed by atoms with Gasteiger partial charge in [-0.25, -0.2) is 9.67 Å². The number of hydrogen-bond donors (Lipinski definition) is 2. The Morgan fingerprint density at radius 3 is 3.04 bits per heavy atom. The highest BCUT2D eigenvalue weighted by molar-refractivity contribution is 14.0. The molecule has 1 unspecified atom stereocenters. The Morgan fingerprint density at radius 1 is 1.52 bits per heavy atom. The summed E-state index contributed by atoms with van der Waals surface area (Å²) in [4.78, 5) is 8.84. The van der Waals surface area contributed by atoms with Crippen molar-refractivity contribution >= 4 is 29.9 Å². The smallest absolute Gasteiger partial charge is 0.191 e. The van der Waals surface area contributed by atoms with Gasteiger partial charge >= 0.3 is 0 Å². The summed E-state index contributed by atoms with van der Waals surface area (Å²) in [5, 5.41) is 11.0. The molecule has 1 aromatic rings. The number of guanidine groups is 1. The minimum absolute atomic E-state index is 0. The molecule has 0 aromatic carbocycles. The molecule has 7 nitrogen and oxygen atoms in total. The molecule has 0 saturated carbocycles. The molecule has 1 aliphatic heterocycles. The Hall–Kier alpha value is -0.970. The SMILES string of the molecule is CCNC(=NCCCF)NC1CCc2nc(COC)nn2C1.I. The Morgan fingerprint density at radius 2 is 2.35 bits per heavy atom. The third-order valence-corrected chi connectivity index (χ3v) is 3.42. The first kappa shape index (κ1) is 20.1. The van der Waals surface area contributed by atoms with Crippen LogP contribution in [-0.2, 0) is 24.3 Å². The fourth-order valence-electron chi connectivity index (χ4n) is 2.43. The number of nitrogens with one attached hydrogen (secondary N) is 2. The summed E-state index contributed by atoms with van der Waals surface area (Å²) >= 11 is 0. The number of rotatable bonds is 7. The van der Waals surface area contributed by atoms with Crippen LogP contribution in [0.5, 0.6) is 0 Å². The minimum atomic E-state index is -0.336. The second-order valence-electron chi connectivity index (χ2n) is 5.24. The van der Waals surface area contributed by atoms with Crippen molar-refractivity contribution < 1.29 is 9.13 Å². The maximum absolute atomic E-state index is 12.2. The van der Waals surface area contributed by atoms with Gasteiger partial charge in [-0.2, -0.15) is 5.10 Å². The number of ether oxygens (including phenoxy) is 1. The lowest BCUT2D eigenvalue weighted by Crippen LogP contribution is -2.47. The van der Waals surface area contributed by atoms with Crippen molar-refractivity contribution in [3.63, 3.8) is 0 Å². The number of hydrogen-bond acceptors (Lipinski definition) is 4. The lowest BCUT2D eigenvalue weighted by atomic mass is 10.1. The number of methoxy groups -OCH3 is 1. The average Bonchev–Trinajstić information content (AvgIpc) is 2.89. The molecule has 0 amide bonds. The summed E-state index contributed by atoms with van der Waals surface area (Å²) in [6.07, 6.45) is 2.30. The monoisotopic (exact) mass is 440 g/mol. The summed E-state index contributed by atoms with van der Waals surface area (Å²) in [6, 6.07) is 0.243. The van der Waals surface area contributed by atoms with Crippen LogP contribution in [0.25, 0.3) is 0 Å². The first-order chi connectivity index (χ1) is 10.8. The standard InChI is InChI=1S/C14H25FN6O.HI/c1-3-16-14(17-8-4-7-15)18-11-5-6-13-19-12(10-22-2)20-21(13)9-11;/h11H,3-10H2,1-2H3,(H2,16,17,18);1H. The zero-order valence-corrected chi connectivity index (χ0v) is 16.0. The first-order valence-electron chi connectivity index (χ1n) is 7.79. The van der Waals surface area contributed by atoms with Crippen LogP contribution >= 0.6 is 24.0 Å². The maximum atomic E-state index is 12.2. The molecule has 2 rings (SSSR count). The molecule has 1 aliphatic rings. The van der Waals surface area contributed by atoms with E-state index in [-0.39, 0.29) is 36.7 Å². The molecule has 0 bridgehead atoms. The quantitative estimate of drug-likeness (QED) is 0.289. The van der Waals surface area contributed by atoms with Crippen molar-refractivity contribution in [2.75, 3.05) is 26.9 Å². The number of aliphatic imine (C=N–C) groups is 1. The average molecular weight is 440 g/mol. The third-order valence-electron chi connectivity index (χ3n) is 3.42. The number of nitrogens with zero attached hydrogens (tertiary/aromatic N) is 4. The van der Waals surface area contributed by atoms with Gasteiger partial charge in [-0.05, 0) is 19.8 Å². The molecule has 23 heavy (non-hydrogen) atoms. The van der Waals surface area contributed by atoms with Crippen molar-refractivity contribution in [3.8, 4) is 0 Å². The summed E-state index contributed by atoms with van der Waals surface area (Å²) in [5.74, 6) is 2.47. The predicted molar refractivity (Wildman–Crippen MR) is 98.0 cm³/mol. The molecule has 0 spiro atoms. The van der Waals surface area contributed by atoms with E-state index < -0.39 is 0 Å². The van der Waals surface area contributed by atoms with E-state index >= 15 is 0 Å². The van der Waals surface area contributed by atoms with Gasteiger partial charge in [0.05, 0.1) is 13.2 Å². The molecule has 2 heterocycles. The molecular formula is C14H26FIN6O. The summed E-state index contributed by atoms with van der Waals surface area (Å²) in [6.45, 7) is 4.13. The van der Waals surface area contributed by atoms with Crippen molar-refractivity contribution in [2.24, 2.45) is 4.99 Å². The van der Waals surface area contributed by atoms with Crippen LogP contribution in [0.1, 0.15) is 31.4 Å². The lowest BCUT2D eigenvalue weighted by Gasteiger charge is -2.25. The highest BCUT2D eigenvalue weighted by Crippen LogP contribution is 2.13. The molecule has 9 heteroatoms. The van der Waals surface area contributed by atoms with Crippen LogP contribution in [0, 0.1) is 0 Å². The van der Waals surface area contributed by atoms with Gasteiger partial charge in [0, 0.05) is 32.7 Å². The van der Waals surface area contributed by atoms with Gasteiger partial charge in [-0.15, -0.1) is 24.0 Å². The molecule has 1 aromatic heterocycles. The maximum Gasteiger partial charge on any atom is 0.191 e. The van der Waals surface area contributed by atoms with E-state index in [1.807, 2.05) is 11.6 Å². The fourth-order valence-corrected chi connectivity index (χ4v) is 2.43.